The molecular formula is C26H37N5O6SSi. The fourth-order valence-corrected chi connectivity index (χ4v) is 4.98. The Bertz CT molecular complexity index is 1420. The predicted octanol–water partition coefficient (Wildman–Crippen LogP) is 4.00. The molecule has 0 N–H and O–H groups in total. The lowest BCUT2D eigenvalue weighted by Crippen LogP contribution is -2.32. The lowest BCUT2D eigenvalue weighted by molar-refractivity contribution is -0.152. The fourth-order valence-electron chi connectivity index (χ4n) is 3.49. The van der Waals surface area contributed by atoms with Crippen molar-refractivity contribution in [3.05, 3.63) is 36.2 Å². The summed E-state index contributed by atoms with van der Waals surface area (Å²) >= 11 is 0. The molecule has 3 aromatic rings. The van der Waals surface area contributed by atoms with Gasteiger partial charge in [0.15, 0.2) is 5.82 Å². The minimum Gasteiger partial charge on any atom is -0.476 e. The quantitative estimate of drug-likeness (QED) is 0.177. The van der Waals surface area contributed by atoms with E-state index in [1.807, 2.05) is 6.92 Å². The first-order valence-electron chi connectivity index (χ1n) is 12.5. The molecule has 0 bridgehead atoms. The zero-order valence-corrected chi connectivity index (χ0v) is 25.6. The first kappa shape index (κ1) is 30.4. The molecule has 212 valence electrons. The van der Waals surface area contributed by atoms with Gasteiger partial charge in [0.2, 0.25) is 20.9 Å². The van der Waals surface area contributed by atoms with Gasteiger partial charge in [-0.25, -0.2) is 18.1 Å². The van der Waals surface area contributed by atoms with Crippen LogP contribution in [0, 0.1) is 12.3 Å². The molecule has 0 atom stereocenters. The lowest BCUT2D eigenvalue weighted by Gasteiger charge is -2.21. The molecule has 0 aliphatic rings. The molecule has 11 nitrogen and oxygen atoms in total. The monoisotopic (exact) mass is 575 g/mol. The Morgan fingerprint density at radius 3 is 2.41 bits per heavy atom. The third-order valence-electron chi connectivity index (χ3n) is 5.88. The van der Waals surface area contributed by atoms with E-state index in [4.69, 9.17) is 14.2 Å². The van der Waals surface area contributed by atoms with E-state index in [2.05, 4.69) is 39.7 Å². The highest BCUT2D eigenvalue weighted by Crippen LogP contribution is 2.27. The first-order chi connectivity index (χ1) is 18.1. The van der Waals surface area contributed by atoms with Crippen molar-refractivity contribution >= 4 is 23.9 Å². The van der Waals surface area contributed by atoms with Crippen molar-refractivity contribution < 1.29 is 27.4 Å². The summed E-state index contributed by atoms with van der Waals surface area (Å²) in [6, 6.07) is 6.32. The predicted molar refractivity (Wildman–Crippen MR) is 150 cm³/mol. The van der Waals surface area contributed by atoms with Gasteiger partial charge >= 0.3 is 5.97 Å². The van der Waals surface area contributed by atoms with Gasteiger partial charge in [0, 0.05) is 50.5 Å². The second-order valence-electron chi connectivity index (χ2n) is 11.3. The van der Waals surface area contributed by atoms with Crippen LogP contribution in [-0.2, 0) is 30.8 Å². The smallest absolute Gasteiger partial charge is 0.314 e. The molecule has 0 spiro atoms. The van der Waals surface area contributed by atoms with Crippen molar-refractivity contribution in [1.82, 2.24) is 24.7 Å². The van der Waals surface area contributed by atoms with Gasteiger partial charge in [0.05, 0.1) is 18.2 Å². The average Bonchev–Trinajstić information content (AvgIpc) is 3.29. The van der Waals surface area contributed by atoms with E-state index in [9.17, 15) is 13.2 Å². The molecule has 3 heterocycles. The topological polar surface area (TPSA) is 135 Å². The third kappa shape index (κ3) is 8.16. The Balaban J connectivity index is 1.76. The maximum absolute atomic E-state index is 12.3. The van der Waals surface area contributed by atoms with E-state index in [1.165, 1.54) is 11.8 Å². The molecule has 0 fully saturated rings. The largest absolute Gasteiger partial charge is 0.476 e. The summed E-state index contributed by atoms with van der Waals surface area (Å²) in [7, 11) is -3.55. The van der Waals surface area contributed by atoms with Gasteiger partial charge in [0.1, 0.15) is 13.3 Å². The summed E-state index contributed by atoms with van der Waals surface area (Å²) in [4.78, 5) is 25.0. The van der Waals surface area contributed by atoms with Crippen LogP contribution in [0.15, 0.2) is 35.7 Å². The number of methoxy groups -OCH3 is 1. The van der Waals surface area contributed by atoms with Crippen molar-refractivity contribution in [3.63, 3.8) is 0 Å². The SMILES string of the molecule is COC(=O)C(C)(C)COc1cc(C)c(-c2ccc(-c3nc(S(C)(=O)=O)n(COCC[Si](C)(C)C)n3)cn2)cn1. The lowest BCUT2D eigenvalue weighted by atomic mass is 9.95. The van der Waals surface area contributed by atoms with E-state index in [0.717, 1.165) is 23.4 Å². The Hall–Kier alpha value is -3.16. The average molecular weight is 576 g/mol. The van der Waals surface area contributed by atoms with Gasteiger partial charge < -0.3 is 14.2 Å². The Morgan fingerprint density at radius 2 is 1.85 bits per heavy atom. The van der Waals surface area contributed by atoms with Crippen molar-refractivity contribution in [2.24, 2.45) is 5.41 Å². The number of ether oxygens (including phenoxy) is 3. The molecule has 13 heteroatoms. The highest BCUT2D eigenvalue weighted by molar-refractivity contribution is 7.90. The van der Waals surface area contributed by atoms with Crippen molar-refractivity contribution in [3.8, 4) is 28.5 Å². The van der Waals surface area contributed by atoms with E-state index in [1.54, 1.807) is 44.4 Å². The van der Waals surface area contributed by atoms with Gasteiger partial charge in [-0.15, -0.1) is 5.10 Å². The minimum atomic E-state index is -3.62. The fraction of sp³-hybridized carbons (Fsp3) is 0.500. The number of aromatic nitrogens is 5. The van der Waals surface area contributed by atoms with Gasteiger partial charge in [-0.05, 0) is 44.5 Å². The number of sulfone groups is 1. The van der Waals surface area contributed by atoms with Crippen molar-refractivity contribution in [2.75, 3.05) is 26.6 Å². The number of nitrogens with zero attached hydrogens (tertiary/aromatic N) is 5. The van der Waals surface area contributed by atoms with Crippen molar-refractivity contribution in [1.29, 1.82) is 0 Å². The molecule has 0 radical (unpaired) electrons. The Labute approximate surface area is 230 Å². The number of esters is 1. The molecule has 39 heavy (non-hydrogen) atoms. The standard InChI is InChI=1S/C26H37N5O6SSi/c1-18-13-22(37-16-26(2,3)24(32)35-4)28-15-20(18)21-10-9-19(14-27-21)23-29-25(38(5,33)34)31(30-23)17-36-11-12-39(6,7)8/h9-10,13-15H,11-12,16-17H2,1-8H3. The number of rotatable bonds is 12. The summed E-state index contributed by atoms with van der Waals surface area (Å²) in [5.74, 6) is 0.271. The van der Waals surface area contributed by atoms with E-state index < -0.39 is 23.3 Å². The highest BCUT2D eigenvalue weighted by Gasteiger charge is 2.30. The molecule has 0 aromatic carbocycles. The van der Waals surface area contributed by atoms with Gasteiger partial charge in [0.25, 0.3) is 0 Å². The number of hydrogen-bond donors (Lipinski definition) is 0. The van der Waals surface area contributed by atoms with Crippen LogP contribution in [0.4, 0.5) is 0 Å². The maximum Gasteiger partial charge on any atom is 0.314 e. The molecule has 3 rings (SSSR count). The van der Waals surface area contributed by atoms with Crippen LogP contribution in [0.25, 0.3) is 22.6 Å². The molecule has 0 aliphatic carbocycles. The third-order valence-corrected chi connectivity index (χ3v) is 8.55. The maximum atomic E-state index is 12.3. The van der Waals surface area contributed by atoms with Gasteiger partial charge in [-0.3, -0.25) is 9.78 Å². The number of aryl methyl sites for hydroxylation is 1. The number of pyridine rings is 2. The van der Waals surface area contributed by atoms with Crippen LogP contribution < -0.4 is 4.74 Å². The summed E-state index contributed by atoms with van der Waals surface area (Å²) in [5.41, 5.74) is 2.11. The zero-order valence-electron chi connectivity index (χ0n) is 23.8. The van der Waals surface area contributed by atoms with Gasteiger partial charge in [-0.1, -0.05) is 19.6 Å². The minimum absolute atomic E-state index is 0.00148. The summed E-state index contributed by atoms with van der Waals surface area (Å²) in [6.45, 7) is 12.8. The van der Waals surface area contributed by atoms with Crippen LogP contribution in [0.1, 0.15) is 19.4 Å². The Morgan fingerprint density at radius 1 is 1.13 bits per heavy atom. The normalized spacial score (nSPS) is 12.4. The van der Waals surface area contributed by atoms with E-state index >= 15 is 0 Å². The second kappa shape index (κ2) is 11.9. The van der Waals surface area contributed by atoms with Crippen LogP contribution >= 0.6 is 0 Å². The number of carbonyl (C=O) groups is 1. The first-order valence-corrected chi connectivity index (χ1v) is 18.1. The van der Waals surface area contributed by atoms with Crippen LogP contribution in [0.3, 0.4) is 0 Å². The summed E-state index contributed by atoms with van der Waals surface area (Å²) < 4.78 is 42.2. The second-order valence-corrected chi connectivity index (χ2v) is 18.8. The van der Waals surface area contributed by atoms with Crippen LogP contribution in [0.2, 0.25) is 25.7 Å². The summed E-state index contributed by atoms with van der Waals surface area (Å²) in [6.07, 6.45) is 4.35. The van der Waals surface area contributed by atoms with Crippen molar-refractivity contribution in [2.45, 2.75) is 58.3 Å². The van der Waals surface area contributed by atoms with E-state index in [-0.39, 0.29) is 30.3 Å². The number of carbonyl (C=O) groups excluding carboxylic acids is 1. The van der Waals surface area contributed by atoms with Crippen LogP contribution in [0.5, 0.6) is 5.88 Å². The molecule has 0 aliphatic heterocycles. The molecule has 0 saturated heterocycles. The Kier molecular flexibility index (Phi) is 9.29. The molecule has 0 saturated carbocycles. The molecule has 3 aromatic heterocycles. The zero-order chi connectivity index (χ0) is 29.0. The number of hydrogen-bond acceptors (Lipinski definition) is 10. The summed E-state index contributed by atoms with van der Waals surface area (Å²) in [5, 5.41) is 4.23. The van der Waals surface area contributed by atoms with E-state index in [0.29, 0.717) is 23.7 Å². The van der Waals surface area contributed by atoms with Crippen LogP contribution in [-0.4, -0.2) is 73.8 Å². The molecule has 0 amide bonds. The molecule has 0 unspecified atom stereocenters. The van der Waals surface area contributed by atoms with Gasteiger partial charge in [-0.2, -0.15) is 4.98 Å². The molecular weight excluding hydrogens is 538 g/mol. The highest BCUT2D eigenvalue weighted by atomic mass is 32.2.